The summed E-state index contributed by atoms with van der Waals surface area (Å²) in [5.41, 5.74) is 3.68. The molecule has 6 nitrogen and oxygen atoms in total. The summed E-state index contributed by atoms with van der Waals surface area (Å²) in [6, 6.07) is 5.41. The van der Waals surface area contributed by atoms with Crippen LogP contribution in [-0.2, 0) is 28.9 Å². The van der Waals surface area contributed by atoms with Crippen LogP contribution in [0.4, 0.5) is 0 Å². The van der Waals surface area contributed by atoms with E-state index in [1.165, 1.54) is 15.8 Å². The van der Waals surface area contributed by atoms with Gasteiger partial charge < -0.3 is 4.74 Å². The largest absolute Gasteiger partial charge is 0.457 e. The standard InChI is InChI=1S/C23H24N2O4S/c1-14-7-8-16(11-15(14)2)18(26)12-29-20(27)9-10-25-13-24-22-21(23(25)28)17-5-3-4-6-19(17)30-22/h7-8,11,13H,3-6,9-10,12H2,1-2H3. The number of aromatic nitrogens is 2. The maximum atomic E-state index is 12.9. The first kappa shape index (κ1) is 20.5. The Balaban J connectivity index is 1.38. The molecule has 0 amide bonds. The Hall–Kier alpha value is -2.80. The number of fused-ring (bicyclic) bond motifs is 3. The normalized spacial score (nSPS) is 13.3. The smallest absolute Gasteiger partial charge is 0.308 e. The third-order valence-electron chi connectivity index (χ3n) is 5.69. The van der Waals surface area contributed by atoms with Crippen LogP contribution in [0.1, 0.15) is 51.2 Å². The lowest BCUT2D eigenvalue weighted by atomic mass is 9.97. The van der Waals surface area contributed by atoms with Crippen molar-refractivity contribution in [3.05, 3.63) is 62.0 Å². The van der Waals surface area contributed by atoms with Crippen LogP contribution in [-0.4, -0.2) is 27.9 Å². The van der Waals surface area contributed by atoms with Crippen LogP contribution in [0.15, 0.2) is 29.3 Å². The zero-order chi connectivity index (χ0) is 21.3. The summed E-state index contributed by atoms with van der Waals surface area (Å²) in [7, 11) is 0. The number of hydrogen-bond acceptors (Lipinski definition) is 6. The highest BCUT2D eigenvalue weighted by molar-refractivity contribution is 7.18. The fourth-order valence-electron chi connectivity index (χ4n) is 3.77. The molecule has 0 N–H and O–H groups in total. The minimum Gasteiger partial charge on any atom is -0.457 e. The highest BCUT2D eigenvalue weighted by Crippen LogP contribution is 2.33. The van der Waals surface area contributed by atoms with Gasteiger partial charge in [0.05, 0.1) is 18.1 Å². The van der Waals surface area contributed by atoms with E-state index in [1.54, 1.807) is 23.5 Å². The van der Waals surface area contributed by atoms with Crippen molar-refractivity contribution in [3.8, 4) is 0 Å². The number of hydrogen-bond donors (Lipinski definition) is 0. The number of Topliss-reactive ketones (excluding diaryl/α,β-unsaturated/α-hetero) is 1. The number of thiophene rings is 1. The molecule has 3 aromatic rings. The number of nitrogens with zero attached hydrogens (tertiary/aromatic N) is 2. The van der Waals surface area contributed by atoms with Crippen molar-refractivity contribution < 1.29 is 14.3 Å². The molecule has 1 aliphatic rings. The van der Waals surface area contributed by atoms with Crippen LogP contribution >= 0.6 is 11.3 Å². The quantitative estimate of drug-likeness (QED) is 0.445. The lowest BCUT2D eigenvalue weighted by Gasteiger charge is -2.10. The van der Waals surface area contributed by atoms with Crippen LogP contribution in [0.5, 0.6) is 0 Å². The third-order valence-corrected chi connectivity index (χ3v) is 6.89. The predicted molar refractivity (Wildman–Crippen MR) is 116 cm³/mol. The number of ether oxygens (including phenoxy) is 1. The number of carbonyl (C=O) groups excluding carboxylic acids is 2. The molecule has 1 aliphatic carbocycles. The van der Waals surface area contributed by atoms with Gasteiger partial charge in [0.25, 0.3) is 5.56 Å². The second-order valence-electron chi connectivity index (χ2n) is 7.77. The van der Waals surface area contributed by atoms with E-state index in [0.717, 1.165) is 47.2 Å². The molecule has 2 aromatic heterocycles. The lowest BCUT2D eigenvalue weighted by molar-refractivity contribution is -0.142. The maximum Gasteiger partial charge on any atom is 0.308 e. The first-order chi connectivity index (χ1) is 14.4. The fourth-order valence-corrected chi connectivity index (χ4v) is 4.99. The molecular weight excluding hydrogens is 400 g/mol. The second kappa shape index (κ2) is 8.52. The van der Waals surface area contributed by atoms with E-state index in [-0.39, 0.29) is 30.9 Å². The molecule has 0 unspecified atom stereocenters. The van der Waals surface area contributed by atoms with E-state index in [4.69, 9.17) is 4.74 Å². The van der Waals surface area contributed by atoms with E-state index >= 15 is 0 Å². The van der Waals surface area contributed by atoms with E-state index in [1.807, 2.05) is 19.9 Å². The number of carbonyl (C=O) groups is 2. The summed E-state index contributed by atoms with van der Waals surface area (Å²) in [5.74, 6) is -0.747. The number of esters is 1. The number of ketones is 1. The molecule has 1 aromatic carbocycles. The monoisotopic (exact) mass is 424 g/mol. The molecule has 30 heavy (non-hydrogen) atoms. The predicted octanol–water partition coefficient (Wildman–Crippen LogP) is 3.77. The van der Waals surface area contributed by atoms with Crippen LogP contribution in [0.3, 0.4) is 0 Å². The Morgan fingerprint density at radius 1 is 1.17 bits per heavy atom. The molecule has 0 saturated carbocycles. The molecule has 2 heterocycles. The van der Waals surface area contributed by atoms with Crippen LogP contribution in [0.25, 0.3) is 10.2 Å². The van der Waals surface area contributed by atoms with E-state index in [9.17, 15) is 14.4 Å². The van der Waals surface area contributed by atoms with Crippen molar-refractivity contribution in [2.75, 3.05) is 6.61 Å². The summed E-state index contributed by atoms with van der Waals surface area (Å²) < 4.78 is 6.60. The second-order valence-corrected chi connectivity index (χ2v) is 8.85. The van der Waals surface area contributed by atoms with E-state index in [2.05, 4.69) is 4.98 Å². The van der Waals surface area contributed by atoms with Crippen molar-refractivity contribution in [1.82, 2.24) is 9.55 Å². The molecule has 0 radical (unpaired) electrons. The molecule has 4 rings (SSSR count). The topological polar surface area (TPSA) is 78.3 Å². The van der Waals surface area contributed by atoms with Crippen molar-refractivity contribution in [2.45, 2.75) is 52.5 Å². The molecule has 7 heteroatoms. The van der Waals surface area contributed by atoms with Crippen molar-refractivity contribution >= 4 is 33.3 Å². The van der Waals surface area contributed by atoms with E-state index < -0.39 is 5.97 Å². The molecule has 0 atom stereocenters. The molecule has 0 aliphatic heterocycles. The van der Waals surface area contributed by atoms with Crippen molar-refractivity contribution in [3.63, 3.8) is 0 Å². The SMILES string of the molecule is Cc1ccc(C(=O)COC(=O)CCn2cnc3sc4c(c3c2=O)CCCC4)cc1C. The van der Waals surface area contributed by atoms with Gasteiger partial charge in [-0.2, -0.15) is 0 Å². The lowest BCUT2D eigenvalue weighted by Crippen LogP contribution is -2.23. The van der Waals surface area contributed by atoms with E-state index in [0.29, 0.717) is 10.9 Å². The summed E-state index contributed by atoms with van der Waals surface area (Å²) in [6.45, 7) is 3.80. The van der Waals surface area contributed by atoms with Crippen molar-refractivity contribution in [1.29, 1.82) is 0 Å². The summed E-state index contributed by atoms with van der Waals surface area (Å²) >= 11 is 1.60. The molecular formula is C23H24N2O4S. The minimum atomic E-state index is -0.508. The average Bonchev–Trinajstić information content (AvgIpc) is 3.12. The van der Waals surface area contributed by atoms with Gasteiger partial charge in [-0.05, 0) is 62.3 Å². The van der Waals surface area contributed by atoms with Gasteiger partial charge in [-0.1, -0.05) is 12.1 Å². The van der Waals surface area contributed by atoms with Crippen LogP contribution in [0.2, 0.25) is 0 Å². The fraction of sp³-hybridized carbons (Fsp3) is 0.391. The Kier molecular flexibility index (Phi) is 5.81. The number of aryl methyl sites for hydroxylation is 5. The molecule has 0 spiro atoms. The van der Waals surface area contributed by atoms with Gasteiger partial charge in [-0.15, -0.1) is 11.3 Å². The molecule has 0 bridgehead atoms. The third kappa shape index (κ3) is 4.07. The Bertz CT molecular complexity index is 1190. The molecule has 0 saturated heterocycles. The summed E-state index contributed by atoms with van der Waals surface area (Å²) in [4.78, 5) is 43.8. The number of rotatable bonds is 6. The van der Waals surface area contributed by atoms with Gasteiger partial charge in [-0.3, -0.25) is 19.0 Å². The minimum absolute atomic E-state index is 0.0135. The maximum absolute atomic E-state index is 12.9. The Morgan fingerprint density at radius 2 is 1.97 bits per heavy atom. The zero-order valence-electron chi connectivity index (χ0n) is 17.2. The first-order valence-electron chi connectivity index (χ1n) is 10.2. The Morgan fingerprint density at radius 3 is 2.77 bits per heavy atom. The molecule has 0 fully saturated rings. The first-order valence-corrected chi connectivity index (χ1v) is 11.0. The highest BCUT2D eigenvalue weighted by atomic mass is 32.1. The van der Waals surface area contributed by atoms with Crippen molar-refractivity contribution in [2.24, 2.45) is 0 Å². The average molecular weight is 425 g/mol. The van der Waals surface area contributed by atoms with Gasteiger partial charge in [0.2, 0.25) is 0 Å². The summed E-state index contributed by atoms with van der Waals surface area (Å²) in [6.07, 6.45) is 5.68. The van der Waals surface area contributed by atoms with Gasteiger partial charge in [-0.25, -0.2) is 4.98 Å². The Labute approximate surface area is 178 Å². The highest BCUT2D eigenvalue weighted by Gasteiger charge is 2.20. The van der Waals surface area contributed by atoms with Crippen LogP contribution in [0, 0.1) is 13.8 Å². The van der Waals surface area contributed by atoms with Gasteiger partial charge in [0.1, 0.15) is 4.83 Å². The van der Waals surface area contributed by atoms with Crippen LogP contribution < -0.4 is 5.56 Å². The molecule has 156 valence electrons. The number of benzene rings is 1. The van der Waals surface area contributed by atoms with Gasteiger partial charge in [0, 0.05) is 17.0 Å². The van der Waals surface area contributed by atoms with Gasteiger partial charge in [0.15, 0.2) is 12.4 Å². The summed E-state index contributed by atoms with van der Waals surface area (Å²) in [5, 5.41) is 0.704. The van der Waals surface area contributed by atoms with Gasteiger partial charge >= 0.3 is 5.97 Å². The zero-order valence-corrected chi connectivity index (χ0v) is 18.0.